The highest BCUT2D eigenvalue weighted by Crippen LogP contribution is 2.22. The van der Waals surface area contributed by atoms with Crippen LogP contribution in [0.1, 0.15) is 6.92 Å². The molecule has 0 spiro atoms. The molecule has 0 saturated heterocycles. The van der Waals surface area contributed by atoms with Crippen LogP contribution in [0, 0.1) is 0 Å². The van der Waals surface area contributed by atoms with E-state index in [2.05, 4.69) is 5.32 Å². The van der Waals surface area contributed by atoms with Gasteiger partial charge in [0.15, 0.2) is 16.4 Å². The third-order valence-electron chi connectivity index (χ3n) is 3.04. The van der Waals surface area contributed by atoms with Crippen molar-refractivity contribution in [2.45, 2.75) is 11.8 Å². The highest BCUT2D eigenvalue weighted by molar-refractivity contribution is 7.91. The summed E-state index contributed by atoms with van der Waals surface area (Å²) in [6, 6.07) is 12.9. The summed E-state index contributed by atoms with van der Waals surface area (Å²) < 4.78 is 29.4. The lowest BCUT2D eigenvalue weighted by Crippen LogP contribution is -2.21. The first-order valence-corrected chi connectivity index (χ1v) is 8.95. The van der Waals surface area contributed by atoms with Crippen molar-refractivity contribution in [2.24, 2.45) is 0 Å². The number of amides is 1. The molecular weight excluding hydrogens is 338 g/mol. The molecule has 2 aromatic rings. The molecule has 0 bridgehead atoms. The molecule has 0 radical (unpaired) electrons. The van der Waals surface area contributed by atoms with Gasteiger partial charge in [0.05, 0.1) is 16.3 Å². The number of benzene rings is 2. The molecule has 1 N–H and O–H groups in total. The first-order valence-electron chi connectivity index (χ1n) is 6.92. The molecule has 0 unspecified atom stereocenters. The molecule has 0 atom stereocenters. The first-order chi connectivity index (χ1) is 10.9. The summed E-state index contributed by atoms with van der Waals surface area (Å²) >= 11 is 5.83. The SMILES string of the molecule is CCS(=O)(=O)c1ccccc1NC(=O)COc1cccc(Cl)c1. The molecule has 0 aliphatic carbocycles. The van der Waals surface area contributed by atoms with Gasteiger partial charge in [-0.05, 0) is 30.3 Å². The van der Waals surface area contributed by atoms with E-state index in [-0.39, 0.29) is 22.9 Å². The van der Waals surface area contributed by atoms with Gasteiger partial charge in [0.2, 0.25) is 0 Å². The summed E-state index contributed by atoms with van der Waals surface area (Å²) in [7, 11) is -3.42. The predicted octanol–water partition coefficient (Wildman–Crippen LogP) is 3.15. The number of ether oxygens (including phenoxy) is 1. The number of sulfone groups is 1. The van der Waals surface area contributed by atoms with Crippen LogP contribution in [-0.2, 0) is 14.6 Å². The van der Waals surface area contributed by atoms with E-state index in [0.29, 0.717) is 10.8 Å². The van der Waals surface area contributed by atoms with Gasteiger partial charge in [-0.1, -0.05) is 36.7 Å². The van der Waals surface area contributed by atoms with Crippen molar-refractivity contribution in [3.05, 3.63) is 53.6 Å². The number of para-hydroxylation sites is 1. The maximum atomic E-state index is 12.0. The Morgan fingerprint density at radius 3 is 2.61 bits per heavy atom. The molecule has 0 aromatic heterocycles. The standard InChI is InChI=1S/C16H16ClNO4S/c1-2-23(20,21)15-9-4-3-8-14(15)18-16(19)11-22-13-7-5-6-12(17)10-13/h3-10H,2,11H2,1H3,(H,18,19). The van der Waals surface area contributed by atoms with Crippen molar-refractivity contribution in [1.29, 1.82) is 0 Å². The van der Waals surface area contributed by atoms with Gasteiger partial charge in [0, 0.05) is 5.02 Å². The molecule has 1 amide bonds. The molecule has 0 heterocycles. The second-order valence-corrected chi connectivity index (χ2v) is 7.38. The van der Waals surface area contributed by atoms with E-state index >= 15 is 0 Å². The van der Waals surface area contributed by atoms with E-state index in [4.69, 9.17) is 16.3 Å². The van der Waals surface area contributed by atoms with Crippen LogP contribution in [0.15, 0.2) is 53.4 Å². The van der Waals surface area contributed by atoms with Crippen LogP contribution >= 0.6 is 11.6 Å². The highest BCUT2D eigenvalue weighted by atomic mass is 35.5. The van der Waals surface area contributed by atoms with Crippen molar-refractivity contribution >= 4 is 33.0 Å². The Labute approximate surface area is 140 Å². The van der Waals surface area contributed by atoms with Crippen LogP contribution in [0.25, 0.3) is 0 Å². The minimum absolute atomic E-state index is 0.0428. The molecular formula is C16H16ClNO4S. The fourth-order valence-corrected chi connectivity index (χ4v) is 3.12. The zero-order valence-electron chi connectivity index (χ0n) is 12.5. The maximum Gasteiger partial charge on any atom is 0.262 e. The molecule has 0 fully saturated rings. The predicted molar refractivity (Wildman–Crippen MR) is 89.7 cm³/mol. The Morgan fingerprint density at radius 2 is 1.91 bits per heavy atom. The molecule has 0 aliphatic rings. The summed E-state index contributed by atoms with van der Waals surface area (Å²) in [5.74, 6) is -0.0373. The minimum atomic E-state index is -3.42. The van der Waals surface area contributed by atoms with Crippen molar-refractivity contribution in [2.75, 3.05) is 17.7 Å². The van der Waals surface area contributed by atoms with Gasteiger partial charge in [0.25, 0.3) is 5.91 Å². The average molecular weight is 354 g/mol. The fraction of sp³-hybridized carbons (Fsp3) is 0.188. The zero-order chi connectivity index (χ0) is 16.9. The van der Waals surface area contributed by atoms with Crippen molar-refractivity contribution in [3.63, 3.8) is 0 Å². The molecule has 2 rings (SSSR count). The van der Waals surface area contributed by atoms with Gasteiger partial charge in [-0.15, -0.1) is 0 Å². The summed E-state index contributed by atoms with van der Waals surface area (Å²) in [5.41, 5.74) is 0.244. The van der Waals surface area contributed by atoms with E-state index < -0.39 is 15.7 Å². The van der Waals surface area contributed by atoms with Gasteiger partial charge in [-0.3, -0.25) is 4.79 Å². The lowest BCUT2D eigenvalue weighted by atomic mass is 10.3. The largest absolute Gasteiger partial charge is 0.484 e. The normalized spacial score (nSPS) is 11.0. The molecule has 2 aromatic carbocycles. The third-order valence-corrected chi connectivity index (χ3v) is 5.06. The molecule has 0 saturated carbocycles. The van der Waals surface area contributed by atoms with Gasteiger partial charge < -0.3 is 10.1 Å². The van der Waals surface area contributed by atoms with Crippen LogP contribution in [0.3, 0.4) is 0 Å². The van der Waals surface area contributed by atoms with E-state index in [1.165, 1.54) is 6.07 Å². The van der Waals surface area contributed by atoms with Gasteiger partial charge in [-0.2, -0.15) is 0 Å². The van der Waals surface area contributed by atoms with Crippen LogP contribution in [0.2, 0.25) is 5.02 Å². The average Bonchev–Trinajstić information content (AvgIpc) is 2.53. The van der Waals surface area contributed by atoms with E-state index in [0.717, 1.165) is 0 Å². The summed E-state index contributed by atoms with van der Waals surface area (Å²) in [6.45, 7) is 1.30. The lowest BCUT2D eigenvalue weighted by molar-refractivity contribution is -0.118. The van der Waals surface area contributed by atoms with Crippen LogP contribution in [0.4, 0.5) is 5.69 Å². The van der Waals surface area contributed by atoms with E-state index in [1.54, 1.807) is 49.4 Å². The van der Waals surface area contributed by atoms with Gasteiger partial charge in [0.1, 0.15) is 5.75 Å². The number of hydrogen-bond donors (Lipinski definition) is 1. The third kappa shape index (κ3) is 4.71. The molecule has 122 valence electrons. The number of carbonyl (C=O) groups is 1. The second kappa shape index (κ2) is 7.48. The number of anilines is 1. The van der Waals surface area contributed by atoms with Crippen molar-refractivity contribution in [3.8, 4) is 5.75 Å². The smallest absolute Gasteiger partial charge is 0.262 e. The molecule has 0 aliphatic heterocycles. The quantitative estimate of drug-likeness (QED) is 0.865. The molecule has 5 nitrogen and oxygen atoms in total. The van der Waals surface area contributed by atoms with E-state index in [1.807, 2.05) is 0 Å². The Kier molecular flexibility index (Phi) is 5.63. The monoisotopic (exact) mass is 353 g/mol. The number of nitrogens with one attached hydrogen (secondary N) is 1. The number of carbonyl (C=O) groups excluding carboxylic acids is 1. The maximum absolute atomic E-state index is 12.0. The molecule has 7 heteroatoms. The number of rotatable bonds is 6. The van der Waals surface area contributed by atoms with Gasteiger partial charge >= 0.3 is 0 Å². The van der Waals surface area contributed by atoms with Crippen LogP contribution in [0.5, 0.6) is 5.75 Å². The minimum Gasteiger partial charge on any atom is -0.484 e. The highest BCUT2D eigenvalue weighted by Gasteiger charge is 2.17. The lowest BCUT2D eigenvalue weighted by Gasteiger charge is -2.11. The zero-order valence-corrected chi connectivity index (χ0v) is 14.0. The molecule has 23 heavy (non-hydrogen) atoms. The topological polar surface area (TPSA) is 72.5 Å². The summed E-state index contributed by atoms with van der Waals surface area (Å²) in [6.07, 6.45) is 0. The Hall–Kier alpha value is -2.05. The van der Waals surface area contributed by atoms with Crippen LogP contribution in [-0.4, -0.2) is 26.7 Å². The Morgan fingerprint density at radius 1 is 1.17 bits per heavy atom. The first kappa shape index (κ1) is 17.3. The fourth-order valence-electron chi connectivity index (χ4n) is 1.89. The van der Waals surface area contributed by atoms with Crippen molar-refractivity contribution < 1.29 is 17.9 Å². The van der Waals surface area contributed by atoms with E-state index in [9.17, 15) is 13.2 Å². The number of hydrogen-bond acceptors (Lipinski definition) is 4. The Bertz CT molecular complexity index is 805. The Balaban J connectivity index is 2.06. The van der Waals surface area contributed by atoms with Gasteiger partial charge in [-0.25, -0.2) is 8.42 Å². The van der Waals surface area contributed by atoms with Crippen molar-refractivity contribution in [1.82, 2.24) is 0 Å². The summed E-state index contributed by atoms with van der Waals surface area (Å²) in [4.78, 5) is 12.1. The number of halogens is 1. The second-order valence-electron chi connectivity index (χ2n) is 4.69. The van der Waals surface area contributed by atoms with Crippen LogP contribution < -0.4 is 10.1 Å². The summed E-state index contributed by atoms with van der Waals surface area (Å²) in [5, 5.41) is 3.06.